The van der Waals surface area contributed by atoms with Gasteiger partial charge in [-0.1, -0.05) is 0 Å². The average Bonchev–Trinajstić information content (AvgIpc) is 3.19. The summed E-state index contributed by atoms with van der Waals surface area (Å²) in [6.07, 6.45) is 7.21. The molecule has 1 aromatic carbocycles. The number of benzene rings is 1. The molecule has 0 bridgehead atoms. The van der Waals surface area contributed by atoms with Gasteiger partial charge in [-0.2, -0.15) is 0 Å². The van der Waals surface area contributed by atoms with E-state index in [0.29, 0.717) is 6.04 Å². The number of fused-ring (bicyclic) bond motifs is 1. The number of nitrogens with zero attached hydrogens (tertiary/aromatic N) is 2. The number of rotatable bonds is 3. The van der Waals surface area contributed by atoms with Crippen molar-refractivity contribution in [2.45, 2.75) is 37.8 Å². The maximum absolute atomic E-state index is 4.36. The fraction of sp³-hybridized carbons (Fsp3) is 0.471. The summed E-state index contributed by atoms with van der Waals surface area (Å²) in [7, 11) is 0. The molecule has 0 saturated carbocycles. The Morgan fingerprint density at radius 1 is 1.14 bits per heavy atom. The molecule has 2 aliphatic heterocycles. The highest BCUT2D eigenvalue weighted by Gasteiger charge is 2.31. The zero-order valence-electron chi connectivity index (χ0n) is 12.2. The lowest BCUT2D eigenvalue weighted by atomic mass is 9.97. The maximum atomic E-state index is 4.36. The van der Waals surface area contributed by atoms with Crippen LogP contribution in [0.2, 0.25) is 0 Å². The molecule has 110 valence electrons. The van der Waals surface area contributed by atoms with Gasteiger partial charge in [-0.05, 0) is 56.5 Å². The van der Waals surface area contributed by atoms with Crippen LogP contribution in [0, 0.1) is 0 Å². The van der Waals surface area contributed by atoms with Gasteiger partial charge >= 0.3 is 0 Å². The molecule has 2 aromatic rings. The van der Waals surface area contributed by atoms with Crippen molar-refractivity contribution in [3.05, 3.63) is 35.8 Å². The second kappa shape index (κ2) is 5.78. The fourth-order valence-electron chi connectivity index (χ4n) is 3.67. The lowest BCUT2D eigenvalue weighted by molar-refractivity contribution is 0.188. The van der Waals surface area contributed by atoms with E-state index in [0.717, 1.165) is 11.0 Å². The Balaban J connectivity index is 1.41. The molecule has 2 atom stereocenters. The Kier molecular flexibility index (Phi) is 3.65. The lowest BCUT2D eigenvalue weighted by Gasteiger charge is -2.35. The topological polar surface area (TPSA) is 28.2 Å². The molecule has 4 heteroatoms. The van der Waals surface area contributed by atoms with Crippen LogP contribution in [0.3, 0.4) is 0 Å². The largest absolute Gasteiger partial charge is 0.382 e. The van der Waals surface area contributed by atoms with E-state index < -0.39 is 0 Å². The fourth-order valence-corrected chi connectivity index (χ4v) is 4.31. The van der Waals surface area contributed by atoms with Crippen molar-refractivity contribution in [1.82, 2.24) is 9.88 Å². The van der Waals surface area contributed by atoms with Crippen molar-refractivity contribution in [2.75, 3.05) is 18.4 Å². The second-order valence-electron chi connectivity index (χ2n) is 6.11. The quantitative estimate of drug-likeness (QED) is 0.933. The summed E-state index contributed by atoms with van der Waals surface area (Å²) in [6, 6.07) is 10.2. The van der Waals surface area contributed by atoms with Crippen molar-refractivity contribution < 1.29 is 0 Å². The first kappa shape index (κ1) is 13.3. The van der Waals surface area contributed by atoms with E-state index >= 15 is 0 Å². The molecule has 2 fully saturated rings. The van der Waals surface area contributed by atoms with Crippen molar-refractivity contribution >= 4 is 17.0 Å². The minimum absolute atomic E-state index is 0.634. The Morgan fingerprint density at radius 3 is 2.86 bits per heavy atom. The van der Waals surface area contributed by atoms with Gasteiger partial charge in [0.1, 0.15) is 5.01 Å². The van der Waals surface area contributed by atoms with Gasteiger partial charge < -0.3 is 10.2 Å². The van der Waals surface area contributed by atoms with Gasteiger partial charge in [0, 0.05) is 41.5 Å². The van der Waals surface area contributed by atoms with Crippen LogP contribution in [0.1, 0.15) is 25.7 Å². The summed E-state index contributed by atoms with van der Waals surface area (Å²) >= 11 is 1.69. The molecule has 2 unspecified atom stereocenters. The minimum Gasteiger partial charge on any atom is -0.382 e. The number of aromatic nitrogens is 1. The summed E-state index contributed by atoms with van der Waals surface area (Å²) in [5, 5.41) is 6.84. The highest BCUT2D eigenvalue weighted by molar-refractivity contribution is 7.13. The van der Waals surface area contributed by atoms with Crippen molar-refractivity contribution in [2.24, 2.45) is 0 Å². The van der Waals surface area contributed by atoms with Crippen LogP contribution < -0.4 is 5.32 Å². The molecule has 2 saturated heterocycles. The second-order valence-corrected chi connectivity index (χ2v) is 7.01. The smallest absolute Gasteiger partial charge is 0.123 e. The zero-order chi connectivity index (χ0) is 14.1. The first-order chi connectivity index (χ1) is 10.4. The first-order valence-corrected chi connectivity index (χ1v) is 8.77. The number of piperidine rings is 1. The van der Waals surface area contributed by atoms with Crippen molar-refractivity contribution in [3.63, 3.8) is 0 Å². The van der Waals surface area contributed by atoms with Crippen LogP contribution >= 0.6 is 11.3 Å². The van der Waals surface area contributed by atoms with E-state index in [9.17, 15) is 0 Å². The molecule has 3 heterocycles. The summed E-state index contributed by atoms with van der Waals surface area (Å²) < 4.78 is 0. The van der Waals surface area contributed by atoms with Crippen molar-refractivity contribution in [1.29, 1.82) is 0 Å². The summed E-state index contributed by atoms with van der Waals surface area (Å²) in [5.74, 6) is 0. The molecule has 21 heavy (non-hydrogen) atoms. The molecule has 0 aliphatic carbocycles. The monoisotopic (exact) mass is 299 g/mol. The van der Waals surface area contributed by atoms with Crippen LogP contribution in [-0.2, 0) is 0 Å². The van der Waals surface area contributed by atoms with E-state index in [1.807, 2.05) is 11.6 Å². The lowest BCUT2D eigenvalue weighted by Crippen LogP contribution is -2.42. The highest BCUT2D eigenvalue weighted by atomic mass is 32.1. The molecule has 1 aromatic heterocycles. The summed E-state index contributed by atoms with van der Waals surface area (Å²) in [5.41, 5.74) is 2.45. The number of hydrogen-bond acceptors (Lipinski definition) is 4. The van der Waals surface area contributed by atoms with Gasteiger partial charge in [-0.25, -0.2) is 4.98 Å². The number of thiazole rings is 1. The van der Waals surface area contributed by atoms with Gasteiger partial charge in [-0.15, -0.1) is 11.3 Å². The predicted molar refractivity (Wildman–Crippen MR) is 88.8 cm³/mol. The highest BCUT2D eigenvalue weighted by Crippen LogP contribution is 2.29. The molecule has 3 nitrogen and oxygen atoms in total. The normalized spacial score (nSPS) is 25.7. The van der Waals surface area contributed by atoms with Crippen LogP contribution in [0.25, 0.3) is 10.6 Å². The predicted octanol–water partition coefficient (Wildman–Crippen LogP) is 3.85. The molecular formula is C17H21N3S. The first-order valence-electron chi connectivity index (χ1n) is 7.89. The molecular weight excluding hydrogens is 278 g/mol. The molecule has 4 rings (SSSR count). The molecule has 0 radical (unpaired) electrons. The van der Waals surface area contributed by atoms with Gasteiger partial charge in [0.25, 0.3) is 0 Å². The maximum Gasteiger partial charge on any atom is 0.123 e. The van der Waals surface area contributed by atoms with Gasteiger partial charge in [0.15, 0.2) is 0 Å². The van der Waals surface area contributed by atoms with E-state index in [4.69, 9.17) is 0 Å². The van der Waals surface area contributed by atoms with Crippen molar-refractivity contribution in [3.8, 4) is 10.6 Å². The molecule has 2 aliphatic rings. The van der Waals surface area contributed by atoms with Gasteiger partial charge in [0.05, 0.1) is 0 Å². The third-order valence-electron chi connectivity index (χ3n) is 4.76. The summed E-state index contributed by atoms with van der Waals surface area (Å²) in [6.45, 7) is 2.58. The van der Waals surface area contributed by atoms with Gasteiger partial charge in [0.2, 0.25) is 0 Å². The van der Waals surface area contributed by atoms with Crippen LogP contribution in [-0.4, -0.2) is 35.1 Å². The van der Waals surface area contributed by atoms with E-state index in [1.165, 1.54) is 50.0 Å². The summed E-state index contributed by atoms with van der Waals surface area (Å²) in [4.78, 5) is 7.03. The Labute approximate surface area is 130 Å². The third kappa shape index (κ3) is 2.83. The third-order valence-corrected chi connectivity index (χ3v) is 5.58. The van der Waals surface area contributed by atoms with E-state index in [-0.39, 0.29) is 0 Å². The Morgan fingerprint density at radius 2 is 2.05 bits per heavy atom. The van der Waals surface area contributed by atoms with Crippen LogP contribution in [0.5, 0.6) is 0 Å². The van der Waals surface area contributed by atoms with Crippen LogP contribution in [0.15, 0.2) is 35.8 Å². The minimum atomic E-state index is 0.634. The molecule has 0 spiro atoms. The standard InChI is InChI=1S/C17H21N3S/c1-2-16-12-15(7-10-20(16)9-1)19-14-5-3-13(4-6-14)17-18-8-11-21-17/h3-6,8,11,15-16,19H,1-2,7,9-10,12H2. The molecule has 1 N–H and O–H groups in total. The zero-order valence-corrected chi connectivity index (χ0v) is 13.0. The SMILES string of the molecule is c1csc(-c2ccc(NC3CCN4CCCC4C3)cc2)n1. The number of anilines is 1. The van der Waals surface area contributed by atoms with E-state index in [2.05, 4.69) is 39.5 Å². The number of hydrogen-bond donors (Lipinski definition) is 1. The van der Waals surface area contributed by atoms with Gasteiger partial charge in [-0.3, -0.25) is 0 Å². The van der Waals surface area contributed by atoms with Crippen LogP contribution in [0.4, 0.5) is 5.69 Å². The number of nitrogens with one attached hydrogen (secondary N) is 1. The Bertz CT molecular complexity index is 579. The molecule has 0 amide bonds. The van der Waals surface area contributed by atoms with E-state index in [1.54, 1.807) is 11.3 Å². The Hall–Kier alpha value is -1.39. The average molecular weight is 299 g/mol.